The summed E-state index contributed by atoms with van der Waals surface area (Å²) in [5.41, 5.74) is 0.783. The van der Waals surface area contributed by atoms with Gasteiger partial charge in [0.2, 0.25) is 0 Å². The standard InChI is InChI=1S/C14H15NO2/c1-14(2,3)17-13(16)12-8-4-6-11(10-12)7-5-9-15/h4-8,10H,1-3H3. The van der Waals surface area contributed by atoms with Gasteiger partial charge in [0, 0.05) is 6.08 Å². The Labute approximate surface area is 101 Å². The lowest BCUT2D eigenvalue weighted by molar-refractivity contribution is 0.00695. The van der Waals surface area contributed by atoms with Crippen LogP contribution in [0.25, 0.3) is 6.08 Å². The minimum atomic E-state index is -0.504. The lowest BCUT2D eigenvalue weighted by Gasteiger charge is -2.19. The van der Waals surface area contributed by atoms with Crippen molar-refractivity contribution in [3.05, 3.63) is 41.5 Å². The summed E-state index contributed by atoms with van der Waals surface area (Å²) in [5, 5.41) is 8.43. The number of carbonyl (C=O) groups is 1. The monoisotopic (exact) mass is 229 g/mol. The molecule has 0 radical (unpaired) electrons. The second kappa shape index (κ2) is 5.31. The van der Waals surface area contributed by atoms with Crippen LogP contribution in [0.4, 0.5) is 0 Å². The number of nitrogens with zero attached hydrogens (tertiary/aromatic N) is 1. The van der Waals surface area contributed by atoms with Crippen molar-refractivity contribution in [2.24, 2.45) is 0 Å². The third-order valence-corrected chi connectivity index (χ3v) is 1.87. The number of carbonyl (C=O) groups excluding carboxylic acids is 1. The topological polar surface area (TPSA) is 50.1 Å². The Morgan fingerprint density at radius 1 is 1.41 bits per heavy atom. The fraction of sp³-hybridized carbons (Fsp3) is 0.286. The van der Waals surface area contributed by atoms with Crippen LogP contribution in [0.3, 0.4) is 0 Å². The molecule has 17 heavy (non-hydrogen) atoms. The summed E-state index contributed by atoms with van der Waals surface area (Å²) >= 11 is 0. The number of hydrogen-bond donors (Lipinski definition) is 0. The highest BCUT2D eigenvalue weighted by atomic mass is 16.6. The van der Waals surface area contributed by atoms with Crippen LogP contribution in [0.15, 0.2) is 30.3 Å². The van der Waals surface area contributed by atoms with Crippen molar-refractivity contribution in [1.82, 2.24) is 0 Å². The minimum absolute atomic E-state index is 0.357. The van der Waals surface area contributed by atoms with Crippen molar-refractivity contribution < 1.29 is 9.53 Å². The fourth-order valence-corrected chi connectivity index (χ4v) is 1.24. The van der Waals surface area contributed by atoms with Crippen LogP contribution in [0.1, 0.15) is 36.7 Å². The van der Waals surface area contributed by atoms with Crippen molar-refractivity contribution in [1.29, 1.82) is 5.26 Å². The predicted octanol–water partition coefficient (Wildman–Crippen LogP) is 3.18. The highest BCUT2D eigenvalue weighted by Crippen LogP contribution is 2.13. The van der Waals surface area contributed by atoms with E-state index in [-0.39, 0.29) is 5.97 Å². The zero-order valence-corrected chi connectivity index (χ0v) is 10.2. The Kier molecular flexibility index (Phi) is 4.06. The van der Waals surface area contributed by atoms with E-state index in [0.29, 0.717) is 5.56 Å². The van der Waals surface area contributed by atoms with Crippen LogP contribution in [-0.4, -0.2) is 11.6 Å². The summed E-state index contributed by atoms with van der Waals surface area (Å²) in [6.07, 6.45) is 3.02. The number of rotatable bonds is 2. The molecule has 0 saturated heterocycles. The van der Waals surface area contributed by atoms with E-state index in [2.05, 4.69) is 0 Å². The summed E-state index contributed by atoms with van der Waals surface area (Å²) in [6.45, 7) is 5.47. The number of allylic oxidation sites excluding steroid dienone is 1. The Balaban J connectivity index is 2.89. The summed E-state index contributed by atoms with van der Waals surface area (Å²) < 4.78 is 5.26. The van der Waals surface area contributed by atoms with Crippen molar-refractivity contribution in [3.63, 3.8) is 0 Å². The summed E-state index contributed by atoms with van der Waals surface area (Å²) in [5.74, 6) is -0.357. The Morgan fingerprint density at radius 2 is 2.12 bits per heavy atom. The second-order valence-electron chi connectivity index (χ2n) is 4.59. The van der Waals surface area contributed by atoms with Crippen molar-refractivity contribution >= 4 is 12.0 Å². The molecule has 1 rings (SSSR count). The van der Waals surface area contributed by atoms with Gasteiger partial charge >= 0.3 is 5.97 Å². The molecule has 0 aliphatic heterocycles. The maximum Gasteiger partial charge on any atom is 0.338 e. The van der Waals surface area contributed by atoms with Crippen LogP contribution in [0.5, 0.6) is 0 Å². The molecule has 1 aromatic rings. The first-order valence-electron chi connectivity index (χ1n) is 5.32. The lowest BCUT2D eigenvalue weighted by Crippen LogP contribution is -2.23. The first-order chi connectivity index (χ1) is 7.92. The number of esters is 1. The molecule has 0 N–H and O–H groups in total. The van der Waals surface area contributed by atoms with Gasteiger partial charge in [-0.15, -0.1) is 0 Å². The average molecular weight is 229 g/mol. The number of ether oxygens (including phenoxy) is 1. The van der Waals surface area contributed by atoms with Gasteiger partial charge in [-0.25, -0.2) is 4.79 Å². The zero-order valence-electron chi connectivity index (χ0n) is 10.2. The molecule has 0 bridgehead atoms. The van der Waals surface area contributed by atoms with Gasteiger partial charge in [0.15, 0.2) is 0 Å². The smallest absolute Gasteiger partial charge is 0.338 e. The van der Waals surface area contributed by atoms with Gasteiger partial charge in [0.1, 0.15) is 5.60 Å². The van der Waals surface area contributed by atoms with E-state index in [1.54, 1.807) is 24.3 Å². The second-order valence-corrected chi connectivity index (χ2v) is 4.59. The van der Waals surface area contributed by atoms with Gasteiger partial charge in [0.05, 0.1) is 11.6 Å². The number of hydrogen-bond acceptors (Lipinski definition) is 3. The highest BCUT2D eigenvalue weighted by Gasteiger charge is 2.17. The fourth-order valence-electron chi connectivity index (χ4n) is 1.24. The molecule has 0 unspecified atom stereocenters. The Hall–Kier alpha value is -2.08. The van der Waals surface area contributed by atoms with E-state index in [9.17, 15) is 4.79 Å². The van der Waals surface area contributed by atoms with Gasteiger partial charge in [-0.2, -0.15) is 5.26 Å². The van der Waals surface area contributed by atoms with Gasteiger partial charge in [-0.3, -0.25) is 0 Å². The molecule has 3 nitrogen and oxygen atoms in total. The largest absolute Gasteiger partial charge is 0.456 e. The quantitative estimate of drug-likeness (QED) is 0.578. The Bertz CT molecular complexity index is 476. The molecule has 0 aliphatic carbocycles. The molecule has 3 heteroatoms. The van der Waals surface area contributed by atoms with Gasteiger partial charge < -0.3 is 4.74 Å². The van der Waals surface area contributed by atoms with Crippen molar-refractivity contribution in [3.8, 4) is 6.07 Å². The van der Waals surface area contributed by atoms with Crippen molar-refractivity contribution in [2.75, 3.05) is 0 Å². The zero-order chi connectivity index (χ0) is 12.9. The molecular formula is C14H15NO2. The van der Waals surface area contributed by atoms with Crippen LogP contribution < -0.4 is 0 Å². The van der Waals surface area contributed by atoms with Crippen LogP contribution in [0, 0.1) is 11.3 Å². The first kappa shape index (κ1) is 13.0. The SMILES string of the molecule is CC(C)(C)OC(=O)c1cccc(C=CC#N)c1. The maximum absolute atomic E-state index is 11.8. The molecule has 0 aromatic heterocycles. The van der Waals surface area contributed by atoms with E-state index in [1.807, 2.05) is 32.9 Å². The van der Waals surface area contributed by atoms with Crippen LogP contribution >= 0.6 is 0 Å². The van der Waals surface area contributed by atoms with Crippen molar-refractivity contribution in [2.45, 2.75) is 26.4 Å². The molecule has 0 saturated carbocycles. The third-order valence-electron chi connectivity index (χ3n) is 1.87. The summed E-state index contributed by atoms with van der Waals surface area (Å²) in [7, 11) is 0. The molecule has 0 spiro atoms. The molecule has 0 amide bonds. The van der Waals surface area contributed by atoms with Gasteiger partial charge in [0.25, 0.3) is 0 Å². The molecule has 88 valence electrons. The van der Waals surface area contributed by atoms with E-state index in [4.69, 9.17) is 10.00 Å². The van der Waals surface area contributed by atoms with E-state index < -0.39 is 5.60 Å². The van der Waals surface area contributed by atoms with E-state index >= 15 is 0 Å². The number of benzene rings is 1. The molecule has 0 heterocycles. The van der Waals surface area contributed by atoms with E-state index in [1.165, 1.54) is 6.08 Å². The lowest BCUT2D eigenvalue weighted by atomic mass is 10.1. The van der Waals surface area contributed by atoms with Gasteiger partial charge in [-0.05, 0) is 44.5 Å². The van der Waals surface area contributed by atoms with E-state index in [0.717, 1.165) is 5.56 Å². The number of nitriles is 1. The normalized spacial score (nSPS) is 11.2. The highest BCUT2D eigenvalue weighted by molar-refractivity contribution is 5.90. The third kappa shape index (κ3) is 4.52. The predicted molar refractivity (Wildman–Crippen MR) is 66.3 cm³/mol. The van der Waals surface area contributed by atoms with Crippen LogP contribution in [0.2, 0.25) is 0 Å². The molecule has 0 fully saturated rings. The Morgan fingerprint density at radius 3 is 2.71 bits per heavy atom. The summed E-state index contributed by atoms with van der Waals surface area (Å²) in [4.78, 5) is 11.8. The molecular weight excluding hydrogens is 214 g/mol. The van der Waals surface area contributed by atoms with Crippen LogP contribution in [-0.2, 0) is 4.74 Å². The molecule has 0 atom stereocenters. The van der Waals surface area contributed by atoms with Gasteiger partial charge in [-0.1, -0.05) is 12.1 Å². The maximum atomic E-state index is 11.8. The average Bonchev–Trinajstić information content (AvgIpc) is 2.24. The summed E-state index contributed by atoms with van der Waals surface area (Å²) in [6, 6.07) is 8.88. The molecule has 1 aromatic carbocycles. The molecule has 0 aliphatic rings. The minimum Gasteiger partial charge on any atom is -0.456 e. The first-order valence-corrected chi connectivity index (χ1v) is 5.32.